The Morgan fingerprint density at radius 2 is 2.05 bits per heavy atom. The summed E-state index contributed by atoms with van der Waals surface area (Å²) in [6.07, 6.45) is 4.82. The maximum Gasteiger partial charge on any atom is 0.151 e. The second-order valence-electron chi connectivity index (χ2n) is 5.01. The highest BCUT2D eigenvalue weighted by Crippen LogP contribution is 2.28. The predicted octanol–water partition coefficient (Wildman–Crippen LogP) is 2.32. The number of sulfone groups is 1. The van der Waals surface area contributed by atoms with Gasteiger partial charge < -0.3 is 5.32 Å². The SMILES string of the molecule is CCNC(c1cccc2cnccc12)C(C)S(C)(=O)=O. The van der Waals surface area contributed by atoms with E-state index >= 15 is 0 Å². The minimum atomic E-state index is -3.12. The summed E-state index contributed by atoms with van der Waals surface area (Å²) in [6, 6.07) is 7.63. The molecule has 108 valence electrons. The lowest BCUT2D eigenvalue weighted by atomic mass is 9.98. The van der Waals surface area contributed by atoms with E-state index in [4.69, 9.17) is 0 Å². The van der Waals surface area contributed by atoms with E-state index in [2.05, 4.69) is 10.3 Å². The summed E-state index contributed by atoms with van der Waals surface area (Å²) in [5.74, 6) is 0. The number of benzene rings is 1. The summed E-state index contributed by atoms with van der Waals surface area (Å²) in [5, 5.41) is 4.88. The molecule has 0 aliphatic rings. The molecule has 0 amide bonds. The van der Waals surface area contributed by atoms with Gasteiger partial charge in [0.15, 0.2) is 9.84 Å². The van der Waals surface area contributed by atoms with Crippen molar-refractivity contribution in [1.29, 1.82) is 0 Å². The Balaban J connectivity index is 2.58. The number of nitrogens with zero attached hydrogens (tertiary/aromatic N) is 1. The molecule has 0 bridgehead atoms. The summed E-state index contributed by atoms with van der Waals surface area (Å²) in [4.78, 5) is 4.11. The molecule has 2 unspecified atom stereocenters. The van der Waals surface area contributed by atoms with Crippen LogP contribution >= 0.6 is 0 Å². The summed E-state index contributed by atoms with van der Waals surface area (Å²) in [7, 11) is -3.12. The third kappa shape index (κ3) is 2.99. The topological polar surface area (TPSA) is 59.1 Å². The second-order valence-corrected chi connectivity index (χ2v) is 7.42. The van der Waals surface area contributed by atoms with Gasteiger partial charge in [0.05, 0.1) is 5.25 Å². The summed E-state index contributed by atoms with van der Waals surface area (Å²) >= 11 is 0. The van der Waals surface area contributed by atoms with Crippen molar-refractivity contribution < 1.29 is 8.42 Å². The highest BCUT2D eigenvalue weighted by Gasteiger charge is 2.27. The molecule has 0 saturated carbocycles. The van der Waals surface area contributed by atoms with Crippen LogP contribution in [-0.2, 0) is 9.84 Å². The summed E-state index contributed by atoms with van der Waals surface area (Å²) in [5.41, 5.74) is 1.00. The zero-order chi connectivity index (χ0) is 14.8. The van der Waals surface area contributed by atoms with E-state index in [1.165, 1.54) is 6.26 Å². The third-order valence-electron chi connectivity index (χ3n) is 3.62. The van der Waals surface area contributed by atoms with E-state index in [9.17, 15) is 8.42 Å². The zero-order valence-electron chi connectivity index (χ0n) is 12.0. The lowest BCUT2D eigenvalue weighted by Gasteiger charge is -2.25. The van der Waals surface area contributed by atoms with Gasteiger partial charge in [-0.3, -0.25) is 4.98 Å². The van der Waals surface area contributed by atoms with Gasteiger partial charge in [-0.2, -0.15) is 0 Å². The fraction of sp³-hybridized carbons (Fsp3) is 0.400. The molecule has 4 nitrogen and oxygen atoms in total. The predicted molar refractivity (Wildman–Crippen MR) is 82.5 cm³/mol. The first-order valence-electron chi connectivity index (χ1n) is 6.70. The van der Waals surface area contributed by atoms with Crippen molar-refractivity contribution in [3.05, 3.63) is 42.2 Å². The highest BCUT2D eigenvalue weighted by molar-refractivity contribution is 7.91. The number of hydrogen-bond donors (Lipinski definition) is 1. The van der Waals surface area contributed by atoms with Crippen LogP contribution in [0.1, 0.15) is 25.5 Å². The highest BCUT2D eigenvalue weighted by atomic mass is 32.2. The van der Waals surface area contributed by atoms with Gasteiger partial charge >= 0.3 is 0 Å². The fourth-order valence-corrected chi connectivity index (χ4v) is 3.15. The molecule has 0 spiro atoms. The molecule has 2 rings (SSSR count). The Hall–Kier alpha value is -1.46. The molecule has 5 heteroatoms. The molecule has 0 radical (unpaired) electrons. The molecule has 20 heavy (non-hydrogen) atoms. The van der Waals surface area contributed by atoms with Crippen molar-refractivity contribution in [1.82, 2.24) is 10.3 Å². The van der Waals surface area contributed by atoms with Crippen LogP contribution in [0.2, 0.25) is 0 Å². The van der Waals surface area contributed by atoms with Crippen LogP contribution in [0.15, 0.2) is 36.7 Å². The number of nitrogens with one attached hydrogen (secondary N) is 1. The molecule has 2 atom stereocenters. The van der Waals surface area contributed by atoms with Gasteiger partial charge in [0, 0.05) is 30.1 Å². The molecule has 1 aromatic heterocycles. The van der Waals surface area contributed by atoms with Gasteiger partial charge in [0.1, 0.15) is 0 Å². The maximum atomic E-state index is 11.9. The van der Waals surface area contributed by atoms with Crippen molar-refractivity contribution >= 4 is 20.6 Å². The van der Waals surface area contributed by atoms with E-state index in [-0.39, 0.29) is 6.04 Å². The van der Waals surface area contributed by atoms with Crippen LogP contribution in [0.25, 0.3) is 10.8 Å². The molecule has 1 aromatic carbocycles. The molecule has 1 heterocycles. The third-order valence-corrected chi connectivity index (χ3v) is 5.24. The molecule has 0 aliphatic carbocycles. The Labute approximate surface area is 120 Å². The van der Waals surface area contributed by atoms with Crippen LogP contribution in [0.3, 0.4) is 0 Å². The molecule has 2 aromatic rings. The van der Waals surface area contributed by atoms with E-state index in [0.29, 0.717) is 6.54 Å². The standard InChI is InChI=1S/C15H20N2O2S/c1-4-17-15(11(2)20(3,18)19)14-7-5-6-12-10-16-9-8-13(12)14/h5-11,15,17H,4H2,1-3H3. The number of aromatic nitrogens is 1. The summed E-state index contributed by atoms with van der Waals surface area (Å²) in [6.45, 7) is 4.45. The Morgan fingerprint density at radius 1 is 1.30 bits per heavy atom. The number of hydrogen-bond acceptors (Lipinski definition) is 4. The minimum Gasteiger partial charge on any atom is -0.309 e. The Kier molecular flexibility index (Phi) is 4.40. The number of fused-ring (bicyclic) bond motifs is 1. The first-order chi connectivity index (χ1) is 9.45. The van der Waals surface area contributed by atoms with E-state index in [0.717, 1.165) is 16.3 Å². The van der Waals surface area contributed by atoms with E-state index in [1.807, 2.05) is 31.2 Å². The Morgan fingerprint density at radius 3 is 2.70 bits per heavy atom. The first-order valence-corrected chi connectivity index (χ1v) is 8.65. The average Bonchev–Trinajstić information content (AvgIpc) is 2.42. The van der Waals surface area contributed by atoms with Crippen molar-refractivity contribution in [2.75, 3.05) is 12.8 Å². The van der Waals surface area contributed by atoms with Crippen molar-refractivity contribution in [3.8, 4) is 0 Å². The quantitative estimate of drug-likeness (QED) is 0.919. The van der Waals surface area contributed by atoms with Crippen LogP contribution in [-0.4, -0.2) is 31.5 Å². The molecule has 0 fully saturated rings. The van der Waals surface area contributed by atoms with Gasteiger partial charge in [-0.25, -0.2) is 8.42 Å². The lowest BCUT2D eigenvalue weighted by Crippen LogP contribution is -2.35. The van der Waals surface area contributed by atoms with E-state index < -0.39 is 15.1 Å². The van der Waals surface area contributed by atoms with Crippen molar-refractivity contribution in [2.45, 2.75) is 25.1 Å². The smallest absolute Gasteiger partial charge is 0.151 e. The summed E-state index contributed by atoms with van der Waals surface area (Å²) < 4.78 is 23.8. The molecule has 1 N–H and O–H groups in total. The van der Waals surface area contributed by atoms with Gasteiger partial charge in [0.2, 0.25) is 0 Å². The minimum absolute atomic E-state index is 0.221. The zero-order valence-corrected chi connectivity index (χ0v) is 12.8. The maximum absolute atomic E-state index is 11.9. The first kappa shape index (κ1) is 14.9. The van der Waals surface area contributed by atoms with Gasteiger partial charge in [-0.15, -0.1) is 0 Å². The van der Waals surface area contributed by atoms with Gasteiger partial charge in [0.25, 0.3) is 0 Å². The molecular formula is C15H20N2O2S. The normalized spacial score (nSPS) is 15.2. The molecular weight excluding hydrogens is 272 g/mol. The van der Waals surface area contributed by atoms with E-state index in [1.54, 1.807) is 19.3 Å². The number of pyridine rings is 1. The van der Waals surface area contributed by atoms with Gasteiger partial charge in [-0.05, 0) is 30.5 Å². The van der Waals surface area contributed by atoms with Crippen LogP contribution in [0.4, 0.5) is 0 Å². The lowest BCUT2D eigenvalue weighted by molar-refractivity contribution is 0.515. The fourth-order valence-electron chi connectivity index (χ4n) is 2.41. The Bertz CT molecular complexity index is 693. The van der Waals surface area contributed by atoms with Crippen molar-refractivity contribution in [3.63, 3.8) is 0 Å². The van der Waals surface area contributed by atoms with Gasteiger partial charge in [-0.1, -0.05) is 25.1 Å². The molecule has 0 saturated heterocycles. The number of rotatable bonds is 5. The monoisotopic (exact) mass is 292 g/mol. The van der Waals surface area contributed by atoms with Crippen molar-refractivity contribution in [2.24, 2.45) is 0 Å². The van der Waals surface area contributed by atoms with Crippen LogP contribution in [0.5, 0.6) is 0 Å². The van der Waals surface area contributed by atoms with Crippen LogP contribution < -0.4 is 5.32 Å². The largest absolute Gasteiger partial charge is 0.309 e. The average molecular weight is 292 g/mol. The molecule has 0 aliphatic heterocycles. The van der Waals surface area contributed by atoms with Crippen LogP contribution in [0, 0.1) is 0 Å². The second kappa shape index (κ2) is 5.89.